The molecule has 3 aromatic rings. The number of benzene rings is 3. The third-order valence-corrected chi connectivity index (χ3v) is 4.94. The van der Waals surface area contributed by atoms with Crippen LogP contribution in [0.1, 0.15) is 11.1 Å². The van der Waals surface area contributed by atoms with Crippen LogP contribution in [0.2, 0.25) is 0 Å². The molecule has 0 aromatic heterocycles. The Morgan fingerprint density at radius 2 is 1.79 bits per heavy atom. The highest BCUT2D eigenvalue weighted by Gasteiger charge is 2.29. The molecule has 0 bridgehead atoms. The van der Waals surface area contributed by atoms with Gasteiger partial charge in [-0.1, -0.05) is 60.7 Å². The van der Waals surface area contributed by atoms with E-state index in [-0.39, 0.29) is 0 Å². The number of methoxy groups -OCH3 is 1. The van der Waals surface area contributed by atoms with Crippen LogP contribution in [0, 0.1) is 0 Å². The number of hydrogen-bond donors (Lipinski definition) is 0. The second-order valence-corrected chi connectivity index (χ2v) is 7.00. The summed E-state index contributed by atoms with van der Waals surface area (Å²) in [6, 6.07) is 23.6. The van der Waals surface area contributed by atoms with Crippen molar-refractivity contribution in [1.29, 1.82) is 0 Å². The third-order valence-electron chi connectivity index (χ3n) is 4.94. The van der Waals surface area contributed by atoms with Crippen molar-refractivity contribution in [3.63, 3.8) is 0 Å². The third kappa shape index (κ3) is 4.19. The van der Waals surface area contributed by atoms with Gasteiger partial charge >= 0.3 is 6.09 Å². The molecule has 29 heavy (non-hydrogen) atoms. The van der Waals surface area contributed by atoms with Crippen molar-refractivity contribution in [2.75, 3.05) is 14.2 Å². The quantitative estimate of drug-likeness (QED) is 0.623. The van der Waals surface area contributed by atoms with Crippen LogP contribution in [-0.2, 0) is 17.7 Å². The molecule has 1 aliphatic rings. The first-order valence-electron chi connectivity index (χ1n) is 9.52. The van der Waals surface area contributed by atoms with E-state index in [1.165, 1.54) is 0 Å². The minimum absolute atomic E-state index is 0.405. The first-order chi connectivity index (χ1) is 14.1. The molecule has 0 saturated heterocycles. The second kappa shape index (κ2) is 8.27. The second-order valence-electron chi connectivity index (χ2n) is 7.00. The monoisotopic (exact) mass is 389 g/mol. The van der Waals surface area contributed by atoms with Gasteiger partial charge in [0.15, 0.2) is 0 Å². The van der Waals surface area contributed by atoms with E-state index in [9.17, 15) is 4.79 Å². The molecule has 0 saturated carbocycles. The minimum atomic E-state index is -0.630. The lowest BCUT2D eigenvalue weighted by Gasteiger charge is -2.20. The van der Waals surface area contributed by atoms with Gasteiger partial charge in [0.05, 0.1) is 13.5 Å². The predicted octanol–water partition coefficient (Wildman–Crippen LogP) is 4.89. The summed E-state index contributed by atoms with van der Waals surface area (Å²) in [7, 11) is 3.37. The van der Waals surface area contributed by atoms with Crippen LogP contribution >= 0.6 is 0 Å². The number of carbonyl (C=O) groups is 1. The van der Waals surface area contributed by atoms with Crippen molar-refractivity contribution >= 4 is 6.09 Å². The lowest BCUT2D eigenvalue weighted by molar-refractivity contribution is -0.0301. The van der Waals surface area contributed by atoms with Gasteiger partial charge in [-0.2, -0.15) is 0 Å². The maximum absolute atomic E-state index is 12.5. The Morgan fingerprint density at radius 3 is 2.52 bits per heavy atom. The van der Waals surface area contributed by atoms with Crippen molar-refractivity contribution in [3.05, 3.63) is 83.9 Å². The molecule has 1 heterocycles. The number of rotatable bonds is 5. The van der Waals surface area contributed by atoms with Crippen molar-refractivity contribution in [3.8, 4) is 22.6 Å². The Bertz CT molecular complexity index is 986. The van der Waals surface area contributed by atoms with Crippen LogP contribution in [0.25, 0.3) is 11.1 Å². The zero-order valence-electron chi connectivity index (χ0n) is 16.5. The maximum Gasteiger partial charge on any atom is 0.412 e. The fraction of sp³-hybridized carbons (Fsp3) is 0.208. The van der Waals surface area contributed by atoms with Crippen molar-refractivity contribution in [2.45, 2.75) is 19.3 Å². The molecule has 4 rings (SSSR count). The molecule has 5 heteroatoms. The average Bonchev–Trinajstić information content (AvgIpc) is 3.17. The van der Waals surface area contributed by atoms with E-state index >= 15 is 0 Å². The standard InChI is InChI=1S/C24H23NO4/c1-25(16-17-7-4-3-5-8-17)24(26)29-22-15-19-9-6-10-21(23(19)28-22)18-11-13-20(27-2)14-12-18/h3-14,22H,15-16H2,1-2H3. The van der Waals surface area contributed by atoms with E-state index in [0.717, 1.165) is 33.8 Å². The number of ether oxygens (including phenoxy) is 3. The van der Waals surface area contributed by atoms with E-state index in [1.807, 2.05) is 72.8 Å². The Labute approximate surface area is 170 Å². The van der Waals surface area contributed by atoms with Gasteiger partial charge in [0.1, 0.15) is 11.5 Å². The van der Waals surface area contributed by atoms with Crippen molar-refractivity contribution in [1.82, 2.24) is 4.90 Å². The highest BCUT2D eigenvalue weighted by Crippen LogP contribution is 2.39. The van der Waals surface area contributed by atoms with Gasteiger partial charge in [0.2, 0.25) is 6.29 Å². The number of fused-ring (bicyclic) bond motifs is 1. The first kappa shape index (κ1) is 18.9. The summed E-state index contributed by atoms with van der Waals surface area (Å²) in [5.74, 6) is 1.57. The molecule has 0 fully saturated rings. The van der Waals surface area contributed by atoms with Gasteiger partial charge in [-0.05, 0) is 23.3 Å². The molecular formula is C24H23NO4. The number of hydrogen-bond acceptors (Lipinski definition) is 4. The molecular weight excluding hydrogens is 366 g/mol. The largest absolute Gasteiger partial charge is 0.497 e. The Balaban J connectivity index is 1.44. The molecule has 0 N–H and O–H groups in total. The van der Waals surface area contributed by atoms with Gasteiger partial charge in [0.25, 0.3) is 0 Å². The van der Waals surface area contributed by atoms with Crippen molar-refractivity contribution < 1.29 is 19.0 Å². The van der Waals surface area contributed by atoms with Crippen LogP contribution in [0.15, 0.2) is 72.8 Å². The Morgan fingerprint density at radius 1 is 1.03 bits per heavy atom. The minimum Gasteiger partial charge on any atom is -0.497 e. The molecule has 3 aromatic carbocycles. The molecule has 0 aliphatic carbocycles. The van der Waals surface area contributed by atoms with E-state index in [1.54, 1.807) is 19.1 Å². The summed E-state index contributed by atoms with van der Waals surface area (Å²) in [4.78, 5) is 14.0. The Hall–Kier alpha value is -3.47. The summed E-state index contributed by atoms with van der Waals surface area (Å²) < 4.78 is 16.8. The van der Waals surface area contributed by atoms with Crippen LogP contribution in [0.3, 0.4) is 0 Å². The maximum atomic E-state index is 12.5. The van der Waals surface area contributed by atoms with Crippen LogP contribution in [0.4, 0.5) is 4.79 Å². The van der Waals surface area contributed by atoms with Crippen LogP contribution in [0.5, 0.6) is 11.5 Å². The molecule has 5 nitrogen and oxygen atoms in total. The van der Waals surface area contributed by atoms with Gasteiger partial charge in [-0.25, -0.2) is 4.79 Å². The molecule has 0 radical (unpaired) electrons. The molecule has 1 aliphatic heterocycles. The van der Waals surface area contributed by atoms with Gasteiger partial charge in [-0.3, -0.25) is 0 Å². The summed E-state index contributed by atoms with van der Waals surface area (Å²) in [5, 5.41) is 0. The summed E-state index contributed by atoms with van der Waals surface area (Å²) in [6.07, 6.45) is -0.502. The molecule has 0 spiro atoms. The highest BCUT2D eigenvalue weighted by molar-refractivity contribution is 5.74. The first-order valence-corrected chi connectivity index (χ1v) is 9.52. The van der Waals surface area contributed by atoms with E-state index in [4.69, 9.17) is 14.2 Å². The lowest BCUT2D eigenvalue weighted by Crippen LogP contribution is -2.32. The zero-order valence-corrected chi connectivity index (χ0v) is 16.5. The number of para-hydroxylation sites is 1. The molecule has 1 amide bonds. The average molecular weight is 389 g/mol. The SMILES string of the molecule is COc1ccc(-c2cccc3c2OC(OC(=O)N(C)Cc2ccccc2)C3)cc1. The normalized spacial score (nSPS) is 14.6. The number of amides is 1. The van der Waals surface area contributed by atoms with E-state index in [0.29, 0.717) is 13.0 Å². The zero-order chi connectivity index (χ0) is 20.2. The highest BCUT2D eigenvalue weighted by atomic mass is 16.7. The Kier molecular flexibility index (Phi) is 5.38. The van der Waals surface area contributed by atoms with Crippen molar-refractivity contribution in [2.24, 2.45) is 0 Å². The van der Waals surface area contributed by atoms with E-state index in [2.05, 4.69) is 0 Å². The van der Waals surface area contributed by atoms with Gasteiger partial charge in [-0.15, -0.1) is 0 Å². The summed E-state index contributed by atoms with van der Waals surface area (Å²) in [6.45, 7) is 0.483. The van der Waals surface area contributed by atoms with Gasteiger partial charge < -0.3 is 19.1 Å². The summed E-state index contributed by atoms with van der Waals surface area (Å²) >= 11 is 0. The fourth-order valence-corrected chi connectivity index (χ4v) is 3.43. The number of carbonyl (C=O) groups excluding carboxylic acids is 1. The predicted molar refractivity (Wildman–Crippen MR) is 111 cm³/mol. The van der Waals surface area contributed by atoms with E-state index < -0.39 is 12.4 Å². The smallest absolute Gasteiger partial charge is 0.412 e. The topological polar surface area (TPSA) is 48.0 Å². The van der Waals surface area contributed by atoms with Crippen LogP contribution < -0.4 is 9.47 Å². The lowest BCUT2D eigenvalue weighted by atomic mass is 10.0. The fourth-order valence-electron chi connectivity index (χ4n) is 3.43. The van der Waals surface area contributed by atoms with Gasteiger partial charge in [0, 0.05) is 24.7 Å². The molecule has 1 unspecified atom stereocenters. The van der Waals surface area contributed by atoms with Crippen LogP contribution in [-0.4, -0.2) is 31.4 Å². The molecule has 148 valence electrons. The molecule has 1 atom stereocenters. The number of nitrogens with zero attached hydrogens (tertiary/aromatic N) is 1. The summed E-state index contributed by atoms with van der Waals surface area (Å²) in [5.41, 5.74) is 4.07.